The zero-order valence-corrected chi connectivity index (χ0v) is 9.12. The van der Waals surface area contributed by atoms with E-state index < -0.39 is 10.5 Å². The van der Waals surface area contributed by atoms with Crippen molar-refractivity contribution in [3.8, 4) is 11.5 Å². The zero-order chi connectivity index (χ0) is 11.5. The monoisotopic (exact) mass is 234 g/mol. The Balaban J connectivity index is 2.83. The first kappa shape index (κ1) is 11.8. The van der Waals surface area contributed by atoms with Crippen molar-refractivity contribution in [1.82, 2.24) is 0 Å². The minimum Gasteiger partial charge on any atom is -0.491 e. The van der Waals surface area contributed by atoms with Crippen LogP contribution in [0, 0.1) is 0 Å². The molecule has 0 aliphatic rings. The highest BCUT2D eigenvalue weighted by molar-refractivity contribution is 7.81. The molecule has 0 amide bonds. The maximum atomic E-state index is 12.2. The molecule has 0 radical (unpaired) electrons. The van der Waals surface area contributed by atoms with Gasteiger partial charge in [-0.05, 0) is 26.0 Å². The number of benzene rings is 1. The van der Waals surface area contributed by atoms with Gasteiger partial charge in [0, 0.05) is 6.07 Å². The first-order valence-corrected chi connectivity index (χ1v) is 5.58. The van der Waals surface area contributed by atoms with Gasteiger partial charge in [-0.3, -0.25) is 0 Å². The van der Waals surface area contributed by atoms with Gasteiger partial charge in [-0.15, -0.1) is 0 Å². The average Bonchev–Trinajstić information content (AvgIpc) is 1.99. The topological polar surface area (TPSA) is 52.6 Å². The Morgan fingerprint density at radius 1 is 1.27 bits per heavy atom. The molecule has 84 valence electrons. The van der Waals surface area contributed by atoms with E-state index in [1.807, 2.05) is 13.8 Å². The van der Waals surface area contributed by atoms with E-state index in [9.17, 15) is 12.3 Å². The molecule has 1 rings (SSSR count). The summed E-state index contributed by atoms with van der Waals surface area (Å²) >= 11 is 0. The second kappa shape index (κ2) is 4.48. The first-order valence-electron chi connectivity index (χ1n) is 4.27. The Kier molecular flexibility index (Phi) is 3.52. The lowest BCUT2D eigenvalue weighted by molar-refractivity contribution is 0.242. The van der Waals surface area contributed by atoms with Crippen molar-refractivity contribution in [2.75, 3.05) is 0 Å². The SMILES string of the molecule is CC(C)Oc1cccc(OS(=O)(=O)F)c1. The van der Waals surface area contributed by atoms with Crippen LogP contribution in [0.1, 0.15) is 13.8 Å². The molecule has 0 saturated carbocycles. The number of hydrogen-bond acceptors (Lipinski definition) is 4. The summed E-state index contributed by atoms with van der Waals surface area (Å²) in [6.07, 6.45) is -0.0535. The molecule has 0 atom stereocenters. The first-order chi connectivity index (χ1) is 6.87. The third kappa shape index (κ3) is 4.64. The third-order valence-corrected chi connectivity index (χ3v) is 1.76. The van der Waals surface area contributed by atoms with Gasteiger partial charge in [-0.2, -0.15) is 8.42 Å². The number of rotatable bonds is 4. The van der Waals surface area contributed by atoms with Crippen LogP contribution in [0.3, 0.4) is 0 Å². The standard InChI is InChI=1S/C9H11FO4S/c1-7(2)13-8-4-3-5-9(6-8)14-15(10,11)12/h3-7H,1-2H3. The minimum atomic E-state index is -4.98. The van der Waals surface area contributed by atoms with Crippen molar-refractivity contribution in [1.29, 1.82) is 0 Å². The molecule has 0 aliphatic heterocycles. The van der Waals surface area contributed by atoms with Gasteiger partial charge in [-0.25, -0.2) is 0 Å². The molecule has 0 aromatic heterocycles. The Labute approximate surface area is 88.0 Å². The quantitative estimate of drug-likeness (QED) is 0.748. The Bertz CT molecular complexity index is 427. The minimum absolute atomic E-state index is 0.0535. The van der Waals surface area contributed by atoms with Crippen LogP contribution in [0.4, 0.5) is 3.89 Å². The van der Waals surface area contributed by atoms with E-state index in [-0.39, 0.29) is 11.9 Å². The van der Waals surface area contributed by atoms with Gasteiger partial charge in [-0.1, -0.05) is 9.95 Å². The summed E-state index contributed by atoms with van der Waals surface area (Å²) in [6.45, 7) is 3.64. The third-order valence-electron chi connectivity index (χ3n) is 1.37. The van der Waals surface area contributed by atoms with Gasteiger partial charge in [0.2, 0.25) is 0 Å². The molecular weight excluding hydrogens is 223 g/mol. The summed E-state index contributed by atoms with van der Waals surface area (Å²) < 4.78 is 41.9. The predicted molar refractivity (Wildman–Crippen MR) is 52.9 cm³/mol. The molecule has 0 heterocycles. The van der Waals surface area contributed by atoms with Crippen LogP contribution >= 0.6 is 0 Å². The summed E-state index contributed by atoms with van der Waals surface area (Å²) in [7, 11) is -4.98. The lowest BCUT2D eigenvalue weighted by Gasteiger charge is -2.09. The molecule has 0 bridgehead atoms. The second-order valence-electron chi connectivity index (χ2n) is 3.12. The van der Waals surface area contributed by atoms with Crippen molar-refractivity contribution in [3.63, 3.8) is 0 Å². The van der Waals surface area contributed by atoms with E-state index in [0.717, 1.165) is 0 Å². The zero-order valence-electron chi connectivity index (χ0n) is 8.31. The summed E-state index contributed by atoms with van der Waals surface area (Å²) in [5, 5.41) is 0. The van der Waals surface area contributed by atoms with Gasteiger partial charge in [0.15, 0.2) is 0 Å². The summed E-state index contributed by atoms with van der Waals surface area (Å²) in [4.78, 5) is 0. The highest BCUT2D eigenvalue weighted by atomic mass is 32.3. The van der Waals surface area contributed by atoms with Crippen LogP contribution < -0.4 is 8.92 Å². The molecule has 1 aromatic carbocycles. The summed E-state index contributed by atoms with van der Waals surface area (Å²) in [6, 6.07) is 5.76. The van der Waals surface area contributed by atoms with Gasteiger partial charge >= 0.3 is 10.5 Å². The molecule has 0 N–H and O–H groups in total. The van der Waals surface area contributed by atoms with Crippen LogP contribution in [0.5, 0.6) is 11.5 Å². The number of hydrogen-bond donors (Lipinski definition) is 0. The highest BCUT2D eigenvalue weighted by Crippen LogP contribution is 2.21. The van der Waals surface area contributed by atoms with E-state index in [2.05, 4.69) is 4.18 Å². The van der Waals surface area contributed by atoms with Crippen LogP contribution in [-0.4, -0.2) is 14.5 Å². The normalized spacial score (nSPS) is 11.5. The fraction of sp³-hybridized carbons (Fsp3) is 0.333. The molecule has 0 aliphatic carbocycles. The molecule has 1 aromatic rings. The maximum absolute atomic E-state index is 12.2. The van der Waals surface area contributed by atoms with E-state index in [4.69, 9.17) is 4.74 Å². The second-order valence-corrected chi connectivity index (χ2v) is 4.07. The Morgan fingerprint density at radius 3 is 2.40 bits per heavy atom. The van der Waals surface area contributed by atoms with Crippen LogP contribution in [0.15, 0.2) is 24.3 Å². The molecular formula is C9H11FO4S. The fourth-order valence-corrected chi connectivity index (χ4v) is 1.32. The van der Waals surface area contributed by atoms with Crippen molar-refractivity contribution in [2.24, 2.45) is 0 Å². The lowest BCUT2D eigenvalue weighted by atomic mass is 10.3. The molecule has 0 saturated heterocycles. The summed E-state index contributed by atoms with van der Waals surface area (Å²) in [5.74, 6) is 0.307. The predicted octanol–water partition coefficient (Wildman–Crippen LogP) is 2.07. The van der Waals surface area contributed by atoms with E-state index >= 15 is 0 Å². The average molecular weight is 234 g/mol. The molecule has 4 nitrogen and oxygen atoms in total. The molecule has 15 heavy (non-hydrogen) atoms. The van der Waals surface area contributed by atoms with Gasteiger partial charge in [0.05, 0.1) is 6.10 Å². The van der Waals surface area contributed by atoms with E-state index in [0.29, 0.717) is 5.75 Å². The van der Waals surface area contributed by atoms with Crippen molar-refractivity contribution in [2.45, 2.75) is 20.0 Å². The highest BCUT2D eigenvalue weighted by Gasteiger charge is 2.10. The van der Waals surface area contributed by atoms with Crippen LogP contribution in [-0.2, 0) is 10.5 Å². The lowest BCUT2D eigenvalue weighted by Crippen LogP contribution is -2.06. The van der Waals surface area contributed by atoms with Crippen molar-refractivity contribution >= 4 is 10.5 Å². The van der Waals surface area contributed by atoms with Gasteiger partial charge in [0.25, 0.3) is 0 Å². The molecule has 6 heteroatoms. The molecule has 0 unspecified atom stereocenters. The van der Waals surface area contributed by atoms with Crippen molar-refractivity contribution < 1.29 is 21.2 Å². The van der Waals surface area contributed by atoms with E-state index in [1.165, 1.54) is 18.2 Å². The fourth-order valence-electron chi connectivity index (χ4n) is 0.986. The maximum Gasteiger partial charge on any atom is 0.488 e. The smallest absolute Gasteiger partial charge is 0.488 e. The van der Waals surface area contributed by atoms with Crippen LogP contribution in [0.25, 0.3) is 0 Å². The Hall–Kier alpha value is -1.30. The van der Waals surface area contributed by atoms with E-state index in [1.54, 1.807) is 6.07 Å². The summed E-state index contributed by atoms with van der Waals surface area (Å²) in [5.41, 5.74) is 0. The van der Waals surface area contributed by atoms with Gasteiger partial charge < -0.3 is 8.92 Å². The Morgan fingerprint density at radius 2 is 1.87 bits per heavy atom. The van der Waals surface area contributed by atoms with Crippen molar-refractivity contribution in [3.05, 3.63) is 24.3 Å². The number of ether oxygens (including phenoxy) is 1. The van der Waals surface area contributed by atoms with Gasteiger partial charge in [0.1, 0.15) is 11.5 Å². The largest absolute Gasteiger partial charge is 0.491 e. The number of halogens is 1. The molecule has 0 fully saturated rings. The molecule has 0 spiro atoms. The van der Waals surface area contributed by atoms with Crippen LogP contribution in [0.2, 0.25) is 0 Å².